The molecule has 4 aliphatic carbocycles. The second-order valence-corrected chi connectivity index (χ2v) is 9.42. The smallest absolute Gasteiger partial charge is 0.159 e. The zero-order chi connectivity index (χ0) is 14.8. The standard InChI is InChI=1S/C19H29NO/c1-18(2,3)17-9-16(21)4-5-20(17)19-10-13-6-14(11-19)8-15(7-13)12-19/h4-5,13-15,17H,6-12H2,1-3H3. The molecule has 0 N–H and O–H groups in total. The van der Waals surface area contributed by atoms with Crippen LogP contribution in [0.15, 0.2) is 12.3 Å². The van der Waals surface area contributed by atoms with E-state index in [9.17, 15) is 4.79 Å². The summed E-state index contributed by atoms with van der Waals surface area (Å²) in [7, 11) is 0. The number of carbonyl (C=O) groups is 1. The van der Waals surface area contributed by atoms with E-state index in [1.165, 1.54) is 38.5 Å². The SMILES string of the molecule is CC(C)(C)C1CC(=O)C=CN1C12CC3CC(CC(C3)C1)C2. The highest BCUT2D eigenvalue weighted by Crippen LogP contribution is 2.59. The molecule has 0 radical (unpaired) electrons. The minimum Gasteiger partial charge on any atom is -0.368 e. The summed E-state index contributed by atoms with van der Waals surface area (Å²) in [6.07, 6.45) is 13.3. The molecule has 0 aromatic rings. The van der Waals surface area contributed by atoms with Crippen molar-refractivity contribution in [1.29, 1.82) is 0 Å². The quantitative estimate of drug-likeness (QED) is 0.722. The number of allylic oxidation sites excluding steroid dienone is 1. The van der Waals surface area contributed by atoms with Gasteiger partial charge in [-0.25, -0.2) is 0 Å². The first-order valence-corrected chi connectivity index (χ1v) is 8.85. The summed E-state index contributed by atoms with van der Waals surface area (Å²) in [4.78, 5) is 14.6. The lowest BCUT2D eigenvalue weighted by atomic mass is 9.52. The van der Waals surface area contributed by atoms with Crippen LogP contribution < -0.4 is 0 Å². The molecule has 4 bridgehead atoms. The van der Waals surface area contributed by atoms with Crippen molar-refractivity contribution in [2.24, 2.45) is 23.2 Å². The zero-order valence-corrected chi connectivity index (χ0v) is 13.8. The first-order chi connectivity index (χ1) is 9.86. The molecule has 1 heterocycles. The highest BCUT2D eigenvalue weighted by Gasteiger charge is 2.55. The summed E-state index contributed by atoms with van der Waals surface area (Å²) in [6, 6.07) is 0.381. The fourth-order valence-corrected chi connectivity index (χ4v) is 6.22. The Hall–Kier alpha value is -0.790. The van der Waals surface area contributed by atoms with Crippen molar-refractivity contribution in [2.45, 2.75) is 77.3 Å². The summed E-state index contributed by atoms with van der Waals surface area (Å²) in [5.74, 6) is 3.20. The molecule has 1 atom stereocenters. The van der Waals surface area contributed by atoms with Gasteiger partial charge in [-0.3, -0.25) is 4.79 Å². The topological polar surface area (TPSA) is 20.3 Å². The molecule has 2 nitrogen and oxygen atoms in total. The fourth-order valence-electron chi connectivity index (χ4n) is 6.22. The minimum atomic E-state index is 0.170. The first-order valence-electron chi connectivity index (χ1n) is 8.85. The molecule has 1 unspecified atom stereocenters. The second kappa shape index (κ2) is 4.36. The Morgan fingerprint density at radius 2 is 1.57 bits per heavy atom. The maximum atomic E-state index is 12.0. The molecule has 4 saturated carbocycles. The van der Waals surface area contributed by atoms with Gasteiger partial charge in [0.15, 0.2) is 5.78 Å². The van der Waals surface area contributed by atoms with Crippen molar-refractivity contribution in [3.05, 3.63) is 12.3 Å². The van der Waals surface area contributed by atoms with E-state index < -0.39 is 0 Å². The van der Waals surface area contributed by atoms with Crippen LogP contribution in [0.2, 0.25) is 0 Å². The van der Waals surface area contributed by atoms with E-state index in [2.05, 4.69) is 31.9 Å². The van der Waals surface area contributed by atoms with Gasteiger partial charge < -0.3 is 4.90 Å². The lowest BCUT2D eigenvalue weighted by molar-refractivity contribution is -0.126. The molecular formula is C19H29NO. The maximum absolute atomic E-state index is 12.0. The van der Waals surface area contributed by atoms with Gasteiger partial charge in [-0.2, -0.15) is 0 Å². The van der Waals surface area contributed by atoms with Gasteiger partial charge in [0.25, 0.3) is 0 Å². The molecule has 5 aliphatic rings. The van der Waals surface area contributed by atoms with Gasteiger partial charge in [-0.15, -0.1) is 0 Å². The summed E-state index contributed by atoms with van der Waals surface area (Å²) >= 11 is 0. The molecule has 116 valence electrons. The van der Waals surface area contributed by atoms with Crippen molar-refractivity contribution in [2.75, 3.05) is 0 Å². The Bertz CT molecular complexity index is 449. The number of rotatable bonds is 1. The third kappa shape index (κ3) is 2.17. The van der Waals surface area contributed by atoms with Gasteiger partial charge in [-0.1, -0.05) is 20.8 Å². The van der Waals surface area contributed by atoms with Crippen molar-refractivity contribution in [3.8, 4) is 0 Å². The molecule has 5 rings (SSSR count). The summed E-state index contributed by atoms with van der Waals surface area (Å²) < 4.78 is 0. The van der Waals surface area contributed by atoms with E-state index in [0.717, 1.165) is 17.8 Å². The molecule has 0 aromatic heterocycles. The van der Waals surface area contributed by atoms with Crippen LogP contribution in [0.3, 0.4) is 0 Å². The first kappa shape index (κ1) is 13.8. The van der Waals surface area contributed by atoms with Crippen LogP contribution >= 0.6 is 0 Å². The van der Waals surface area contributed by atoms with Gasteiger partial charge in [-0.05, 0) is 67.8 Å². The Labute approximate surface area is 129 Å². The van der Waals surface area contributed by atoms with Gasteiger partial charge >= 0.3 is 0 Å². The molecule has 0 saturated heterocycles. The average Bonchev–Trinajstić information content (AvgIpc) is 2.35. The molecule has 0 amide bonds. The normalized spacial score (nSPS) is 45.5. The molecule has 4 fully saturated rings. The van der Waals surface area contributed by atoms with Crippen LogP contribution in [-0.4, -0.2) is 22.3 Å². The van der Waals surface area contributed by atoms with E-state index in [-0.39, 0.29) is 5.41 Å². The van der Waals surface area contributed by atoms with E-state index in [4.69, 9.17) is 0 Å². The van der Waals surface area contributed by atoms with Crippen LogP contribution in [-0.2, 0) is 4.79 Å². The van der Waals surface area contributed by atoms with Gasteiger partial charge in [0.2, 0.25) is 0 Å². The molecular weight excluding hydrogens is 258 g/mol. The van der Waals surface area contributed by atoms with Crippen LogP contribution in [0.25, 0.3) is 0 Å². The molecule has 0 aromatic carbocycles. The summed E-state index contributed by atoms with van der Waals surface area (Å²) in [6.45, 7) is 6.91. The summed E-state index contributed by atoms with van der Waals surface area (Å²) in [5, 5.41) is 0. The van der Waals surface area contributed by atoms with Crippen LogP contribution in [0.1, 0.15) is 65.7 Å². The Kier molecular flexibility index (Phi) is 2.88. The Morgan fingerprint density at radius 1 is 1.05 bits per heavy atom. The predicted octanol–water partition coefficient (Wildman–Crippen LogP) is 4.16. The predicted molar refractivity (Wildman–Crippen MR) is 84.7 cm³/mol. The molecule has 0 spiro atoms. The molecule has 2 heteroatoms. The van der Waals surface area contributed by atoms with Gasteiger partial charge in [0.1, 0.15) is 0 Å². The monoisotopic (exact) mass is 287 g/mol. The third-order valence-corrected chi connectivity index (χ3v) is 6.70. The van der Waals surface area contributed by atoms with Crippen molar-refractivity contribution >= 4 is 5.78 Å². The number of ketones is 1. The number of nitrogens with zero attached hydrogens (tertiary/aromatic N) is 1. The van der Waals surface area contributed by atoms with Crippen molar-refractivity contribution < 1.29 is 4.79 Å². The van der Waals surface area contributed by atoms with Crippen LogP contribution in [0.4, 0.5) is 0 Å². The fraction of sp³-hybridized carbons (Fsp3) is 0.842. The van der Waals surface area contributed by atoms with Crippen molar-refractivity contribution in [1.82, 2.24) is 4.90 Å². The molecule has 21 heavy (non-hydrogen) atoms. The largest absolute Gasteiger partial charge is 0.368 e. The Morgan fingerprint density at radius 3 is 2.05 bits per heavy atom. The average molecular weight is 287 g/mol. The number of carbonyl (C=O) groups excluding carboxylic acids is 1. The second-order valence-electron chi connectivity index (χ2n) is 9.42. The third-order valence-electron chi connectivity index (χ3n) is 6.70. The van der Waals surface area contributed by atoms with Gasteiger partial charge in [0, 0.05) is 24.2 Å². The lowest BCUT2D eigenvalue weighted by Crippen LogP contribution is -2.63. The van der Waals surface area contributed by atoms with Crippen LogP contribution in [0.5, 0.6) is 0 Å². The van der Waals surface area contributed by atoms with E-state index in [1.54, 1.807) is 0 Å². The van der Waals surface area contributed by atoms with Crippen molar-refractivity contribution in [3.63, 3.8) is 0 Å². The number of hydrogen-bond donors (Lipinski definition) is 0. The van der Waals surface area contributed by atoms with E-state index in [1.807, 2.05) is 6.08 Å². The minimum absolute atomic E-state index is 0.170. The highest BCUT2D eigenvalue weighted by molar-refractivity contribution is 5.90. The zero-order valence-electron chi connectivity index (χ0n) is 13.8. The van der Waals surface area contributed by atoms with Crippen LogP contribution in [0, 0.1) is 23.2 Å². The Balaban J connectivity index is 1.70. The maximum Gasteiger partial charge on any atom is 0.159 e. The highest BCUT2D eigenvalue weighted by atomic mass is 16.1. The van der Waals surface area contributed by atoms with E-state index >= 15 is 0 Å². The summed E-state index contributed by atoms with van der Waals surface area (Å²) in [5.41, 5.74) is 0.549. The molecule has 1 aliphatic heterocycles. The van der Waals surface area contributed by atoms with E-state index in [0.29, 0.717) is 23.8 Å². The number of hydrogen-bond acceptors (Lipinski definition) is 2. The lowest BCUT2D eigenvalue weighted by Gasteiger charge is -2.63. The van der Waals surface area contributed by atoms with Gasteiger partial charge in [0.05, 0.1) is 0 Å².